The largest absolute Gasteiger partial charge is 0.478 e. The average Bonchev–Trinajstić information content (AvgIpc) is 2.14. The first-order valence-corrected chi connectivity index (χ1v) is 4.70. The molecule has 0 aliphatic carbocycles. The Bertz CT molecular complexity index is 248. The molecular formula is C10H17NO4. The molecule has 86 valence electrons. The van der Waals surface area contributed by atoms with Crippen LogP contribution in [-0.2, 0) is 14.3 Å². The lowest BCUT2D eigenvalue weighted by atomic mass is 10.0. The van der Waals surface area contributed by atoms with E-state index in [4.69, 9.17) is 5.11 Å². The fraction of sp³-hybridized carbons (Fsp3) is 0.600. The SMILES string of the molecule is COC(=O)C(CC(C)C)N/C=C/C(=O)O. The summed E-state index contributed by atoms with van der Waals surface area (Å²) >= 11 is 0. The van der Waals surface area contributed by atoms with E-state index in [2.05, 4.69) is 10.1 Å². The van der Waals surface area contributed by atoms with Crippen LogP contribution in [0.5, 0.6) is 0 Å². The van der Waals surface area contributed by atoms with Crippen molar-refractivity contribution >= 4 is 11.9 Å². The monoisotopic (exact) mass is 215 g/mol. The first-order chi connectivity index (χ1) is 6.97. The van der Waals surface area contributed by atoms with Gasteiger partial charge in [-0.25, -0.2) is 9.59 Å². The van der Waals surface area contributed by atoms with Crippen molar-refractivity contribution in [1.29, 1.82) is 0 Å². The number of ether oxygens (including phenoxy) is 1. The molecule has 1 unspecified atom stereocenters. The summed E-state index contributed by atoms with van der Waals surface area (Å²) in [6.45, 7) is 3.94. The van der Waals surface area contributed by atoms with E-state index in [9.17, 15) is 9.59 Å². The number of carboxylic acid groups (broad SMARTS) is 1. The van der Waals surface area contributed by atoms with Gasteiger partial charge >= 0.3 is 11.9 Å². The van der Waals surface area contributed by atoms with Crippen LogP contribution in [0, 0.1) is 5.92 Å². The minimum atomic E-state index is -1.06. The number of nitrogens with one attached hydrogen (secondary N) is 1. The van der Waals surface area contributed by atoms with Crippen molar-refractivity contribution in [2.24, 2.45) is 5.92 Å². The van der Waals surface area contributed by atoms with E-state index in [-0.39, 0.29) is 0 Å². The summed E-state index contributed by atoms with van der Waals surface area (Å²) in [5.41, 5.74) is 0. The summed E-state index contributed by atoms with van der Waals surface area (Å²) in [7, 11) is 1.30. The molecule has 0 aliphatic heterocycles. The summed E-state index contributed by atoms with van der Waals surface area (Å²) in [5, 5.41) is 11.1. The molecule has 0 aromatic carbocycles. The van der Waals surface area contributed by atoms with Gasteiger partial charge in [0.1, 0.15) is 6.04 Å². The fourth-order valence-corrected chi connectivity index (χ4v) is 1.08. The van der Waals surface area contributed by atoms with Gasteiger partial charge in [0.25, 0.3) is 0 Å². The molecule has 0 bridgehead atoms. The molecule has 0 aromatic heterocycles. The number of aliphatic carboxylic acids is 1. The third kappa shape index (κ3) is 6.54. The molecule has 0 heterocycles. The number of rotatable bonds is 6. The summed E-state index contributed by atoms with van der Waals surface area (Å²) in [5.74, 6) is -1.13. The van der Waals surface area contributed by atoms with Gasteiger partial charge in [-0.15, -0.1) is 0 Å². The Morgan fingerprint density at radius 3 is 2.47 bits per heavy atom. The third-order valence-corrected chi connectivity index (χ3v) is 1.72. The number of hydrogen-bond donors (Lipinski definition) is 2. The summed E-state index contributed by atoms with van der Waals surface area (Å²) in [6.07, 6.45) is 2.78. The lowest BCUT2D eigenvalue weighted by Crippen LogP contribution is -2.35. The van der Waals surface area contributed by atoms with Gasteiger partial charge in [0.2, 0.25) is 0 Å². The van der Waals surface area contributed by atoms with Gasteiger partial charge in [-0.2, -0.15) is 0 Å². The third-order valence-electron chi connectivity index (χ3n) is 1.72. The molecule has 15 heavy (non-hydrogen) atoms. The van der Waals surface area contributed by atoms with E-state index < -0.39 is 18.0 Å². The van der Waals surface area contributed by atoms with Crippen molar-refractivity contribution in [1.82, 2.24) is 5.32 Å². The number of carboxylic acids is 1. The van der Waals surface area contributed by atoms with Crippen LogP contribution in [-0.4, -0.2) is 30.2 Å². The molecule has 0 fully saturated rings. The van der Waals surface area contributed by atoms with E-state index in [0.717, 1.165) is 6.08 Å². The van der Waals surface area contributed by atoms with Gasteiger partial charge in [0, 0.05) is 12.3 Å². The molecule has 0 radical (unpaired) electrons. The fourth-order valence-electron chi connectivity index (χ4n) is 1.08. The summed E-state index contributed by atoms with van der Waals surface area (Å²) < 4.78 is 4.59. The zero-order chi connectivity index (χ0) is 11.8. The second-order valence-electron chi connectivity index (χ2n) is 3.54. The Labute approximate surface area is 89.1 Å². The van der Waals surface area contributed by atoms with Crippen LogP contribution in [0.3, 0.4) is 0 Å². The zero-order valence-corrected chi connectivity index (χ0v) is 9.19. The van der Waals surface area contributed by atoms with Crippen LogP contribution in [0.15, 0.2) is 12.3 Å². The van der Waals surface area contributed by atoms with Crippen LogP contribution in [0.1, 0.15) is 20.3 Å². The van der Waals surface area contributed by atoms with E-state index in [1.54, 1.807) is 0 Å². The Balaban J connectivity index is 4.24. The number of carbonyl (C=O) groups is 2. The average molecular weight is 215 g/mol. The molecule has 0 saturated carbocycles. The van der Waals surface area contributed by atoms with E-state index in [1.165, 1.54) is 13.3 Å². The number of carbonyl (C=O) groups excluding carboxylic acids is 1. The highest BCUT2D eigenvalue weighted by Crippen LogP contribution is 2.05. The Hall–Kier alpha value is -1.52. The minimum absolute atomic E-state index is 0.319. The molecule has 0 aromatic rings. The van der Waals surface area contributed by atoms with Crippen molar-refractivity contribution in [2.75, 3.05) is 7.11 Å². The predicted octanol–water partition coefficient (Wildman–Crippen LogP) is 0.762. The Kier molecular flexibility index (Phi) is 6.17. The molecule has 0 spiro atoms. The summed E-state index contributed by atoms with van der Waals surface area (Å²) in [6, 6.07) is -0.495. The normalized spacial score (nSPS) is 12.8. The molecule has 0 rings (SSSR count). The van der Waals surface area contributed by atoms with Crippen molar-refractivity contribution in [3.8, 4) is 0 Å². The van der Waals surface area contributed by atoms with Crippen LogP contribution in [0.4, 0.5) is 0 Å². The van der Waals surface area contributed by atoms with Crippen LogP contribution >= 0.6 is 0 Å². The van der Waals surface area contributed by atoms with Crippen LogP contribution in [0.25, 0.3) is 0 Å². The molecule has 0 saturated heterocycles. The topological polar surface area (TPSA) is 75.6 Å². The lowest BCUT2D eigenvalue weighted by molar-refractivity contribution is -0.143. The van der Waals surface area contributed by atoms with Gasteiger partial charge in [-0.1, -0.05) is 13.8 Å². The van der Waals surface area contributed by atoms with Gasteiger partial charge in [-0.05, 0) is 12.3 Å². The highest BCUT2D eigenvalue weighted by molar-refractivity contribution is 5.80. The molecule has 0 amide bonds. The van der Waals surface area contributed by atoms with Gasteiger partial charge in [-0.3, -0.25) is 0 Å². The first-order valence-electron chi connectivity index (χ1n) is 4.70. The number of esters is 1. The van der Waals surface area contributed by atoms with Crippen LogP contribution in [0.2, 0.25) is 0 Å². The number of methoxy groups -OCH3 is 1. The van der Waals surface area contributed by atoms with Crippen molar-refractivity contribution in [2.45, 2.75) is 26.3 Å². The smallest absolute Gasteiger partial charge is 0.329 e. The van der Waals surface area contributed by atoms with Gasteiger partial charge in [0.05, 0.1) is 7.11 Å². The molecule has 1 atom stereocenters. The number of hydrogen-bond acceptors (Lipinski definition) is 4. The molecule has 2 N–H and O–H groups in total. The van der Waals surface area contributed by atoms with Gasteiger partial charge in [0.15, 0.2) is 0 Å². The van der Waals surface area contributed by atoms with Gasteiger partial charge < -0.3 is 15.2 Å². The molecular weight excluding hydrogens is 198 g/mol. The standard InChI is InChI=1S/C10H17NO4/c1-7(2)6-8(10(14)15-3)11-5-4-9(12)13/h4-5,7-8,11H,6H2,1-3H3,(H,12,13)/b5-4+. The Morgan fingerprint density at radius 1 is 1.47 bits per heavy atom. The maximum absolute atomic E-state index is 11.3. The molecule has 0 aliphatic rings. The predicted molar refractivity (Wildman–Crippen MR) is 55.2 cm³/mol. The Morgan fingerprint density at radius 2 is 2.07 bits per heavy atom. The van der Waals surface area contributed by atoms with E-state index >= 15 is 0 Å². The quantitative estimate of drug-likeness (QED) is 0.505. The second-order valence-corrected chi connectivity index (χ2v) is 3.54. The highest BCUT2D eigenvalue weighted by Gasteiger charge is 2.18. The zero-order valence-electron chi connectivity index (χ0n) is 9.19. The summed E-state index contributed by atoms with van der Waals surface area (Å²) in [4.78, 5) is 21.5. The maximum atomic E-state index is 11.3. The molecule has 5 nitrogen and oxygen atoms in total. The molecule has 5 heteroatoms. The van der Waals surface area contributed by atoms with Crippen LogP contribution < -0.4 is 5.32 Å². The lowest BCUT2D eigenvalue weighted by Gasteiger charge is -2.16. The van der Waals surface area contributed by atoms with E-state index in [0.29, 0.717) is 12.3 Å². The maximum Gasteiger partial charge on any atom is 0.329 e. The second kappa shape index (κ2) is 6.86. The minimum Gasteiger partial charge on any atom is -0.478 e. The highest BCUT2D eigenvalue weighted by atomic mass is 16.5. The first kappa shape index (κ1) is 13.5. The van der Waals surface area contributed by atoms with Crippen molar-refractivity contribution in [3.63, 3.8) is 0 Å². The van der Waals surface area contributed by atoms with E-state index in [1.807, 2.05) is 13.8 Å². The van der Waals surface area contributed by atoms with Crippen molar-refractivity contribution < 1.29 is 19.4 Å². The van der Waals surface area contributed by atoms with Crippen molar-refractivity contribution in [3.05, 3.63) is 12.3 Å².